The van der Waals surface area contributed by atoms with Crippen molar-refractivity contribution in [2.45, 2.75) is 19.3 Å². The SMILES string of the molecule is CCc1ccc([C@@H]2C(C#N)=C(N)Oc3n[nH]c(-c4cc(OC)c(OC)c(OC)c4)c32)cc1. The van der Waals surface area contributed by atoms with Gasteiger partial charge in [-0.3, -0.25) is 5.10 Å². The Morgan fingerprint density at radius 3 is 2.28 bits per heavy atom. The third-order valence-electron chi connectivity index (χ3n) is 5.61. The minimum Gasteiger partial charge on any atom is -0.493 e. The minimum atomic E-state index is -0.442. The van der Waals surface area contributed by atoms with Gasteiger partial charge in [0.1, 0.15) is 11.6 Å². The van der Waals surface area contributed by atoms with Gasteiger partial charge < -0.3 is 24.7 Å². The predicted molar refractivity (Wildman–Crippen MR) is 119 cm³/mol. The van der Waals surface area contributed by atoms with Crippen LogP contribution >= 0.6 is 0 Å². The summed E-state index contributed by atoms with van der Waals surface area (Å²) in [6, 6.07) is 14.0. The highest BCUT2D eigenvalue weighted by Crippen LogP contribution is 2.48. The topological polar surface area (TPSA) is 115 Å². The van der Waals surface area contributed by atoms with Crippen LogP contribution in [0.4, 0.5) is 0 Å². The highest BCUT2D eigenvalue weighted by molar-refractivity contribution is 5.75. The number of aromatic amines is 1. The number of methoxy groups -OCH3 is 3. The molecule has 0 aliphatic carbocycles. The van der Waals surface area contributed by atoms with Crippen LogP contribution in [-0.2, 0) is 6.42 Å². The monoisotopic (exact) mass is 432 g/mol. The molecular formula is C24H24N4O4. The van der Waals surface area contributed by atoms with Crippen LogP contribution in [0.15, 0.2) is 47.9 Å². The van der Waals surface area contributed by atoms with Gasteiger partial charge in [0.05, 0.1) is 38.5 Å². The van der Waals surface area contributed by atoms with Crippen molar-refractivity contribution in [3.05, 3.63) is 64.5 Å². The molecule has 3 aromatic rings. The molecule has 1 aliphatic rings. The lowest BCUT2D eigenvalue weighted by Gasteiger charge is -2.24. The van der Waals surface area contributed by atoms with Crippen molar-refractivity contribution < 1.29 is 18.9 Å². The first-order valence-electron chi connectivity index (χ1n) is 10.1. The molecule has 1 aliphatic heterocycles. The first-order valence-corrected chi connectivity index (χ1v) is 10.1. The van der Waals surface area contributed by atoms with Crippen molar-refractivity contribution in [1.29, 1.82) is 5.26 Å². The molecular weight excluding hydrogens is 408 g/mol. The van der Waals surface area contributed by atoms with E-state index in [2.05, 4.69) is 35.3 Å². The predicted octanol–water partition coefficient (Wildman–Crippen LogP) is 3.88. The Labute approximate surface area is 186 Å². The average Bonchev–Trinajstić information content (AvgIpc) is 3.25. The van der Waals surface area contributed by atoms with Gasteiger partial charge in [-0.2, -0.15) is 5.26 Å². The largest absolute Gasteiger partial charge is 0.493 e. The summed E-state index contributed by atoms with van der Waals surface area (Å²) in [6.07, 6.45) is 0.921. The number of fused-ring (bicyclic) bond motifs is 1. The van der Waals surface area contributed by atoms with E-state index in [4.69, 9.17) is 24.7 Å². The number of nitriles is 1. The summed E-state index contributed by atoms with van der Waals surface area (Å²) in [4.78, 5) is 0. The quantitative estimate of drug-likeness (QED) is 0.607. The number of hydrogen-bond acceptors (Lipinski definition) is 7. The van der Waals surface area contributed by atoms with Gasteiger partial charge in [0, 0.05) is 5.56 Å². The van der Waals surface area contributed by atoms with Crippen molar-refractivity contribution >= 4 is 0 Å². The molecule has 3 N–H and O–H groups in total. The second kappa shape index (κ2) is 8.55. The molecule has 0 bridgehead atoms. The number of nitrogens with zero attached hydrogens (tertiary/aromatic N) is 2. The Kier molecular flexibility index (Phi) is 5.65. The lowest BCUT2D eigenvalue weighted by Crippen LogP contribution is -2.21. The minimum absolute atomic E-state index is 0.0486. The average molecular weight is 432 g/mol. The number of nitrogens with one attached hydrogen (secondary N) is 1. The molecule has 0 saturated heterocycles. The van der Waals surface area contributed by atoms with Crippen LogP contribution in [-0.4, -0.2) is 31.5 Å². The van der Waals surface area contributed by atoms with Gasteiger partial charge in [0.15, 0.2) is 11.5 Å². The summed E-state index contributed by atoms with van der Waals surface area (Å²) in [6.45, 7) is 2.10. The maximum atomic E-state index is 9.90. The lowest BCUT2D eigenvalue weighted by atomic mass is 9.82. The maximum absolute atomic E-state index is 9.90. The van der Waals surface area contributed by atoms with E-state index in [-0.39, 0.29) is 5.88 Å². The number of allylic oxidation sites excluding steroid dienone is 1. The fraction of sp³-hybridized carbons (Fsp3) is 0.250. The van der Waals surface area contributed by atoms with Gasteiger partial charge in [-0.25, -0.2) is 0 Å². The molecule has 8 heteroatoms. The van der Waals surface area contributed by atoms with Crippen LogP contribution in [0.1, 0.15) is 29.5 Å². The molecule has 0 radical (unpaired) electrons. The molecule has 32 heavy (non-hydrogen) atoms. The number of hydrogen-bond donors (Lipinski definition) is 2. The van der Waals surface area contributed by atoms with E-state index in [1.54, 1.807) is 21.3 Å². The van der Waals surface area contributed by atoms with Crippen molar-refractivity contribution in [3.8, 4) is 40.5 Å². The lowest BCUT2D eigenvalue weighted by molar-refractivity contribution is 0.324. The second-order valence-corrected chi connectivity index (χ2v) is 7.25. The van der Waals surface area contributed by atoms with Crippen molar-refractivity contribution in [2.75, 3.05) is 21.3 Å². The third kappa shape index (κ3) is 3.38. The van der Waals surface area contributed by atoms with E-state index in [9.17, 15) is 5.26 Å². The molecule has 2 aromatic carbocycles. The van der Waals surface area contributed by atoms with E-state index < -0.39 is 5.92 Å². The van der Waals surface area contributed by atoms with Gasteiger partial charge >= 0.3 is 0 Å². The summed E-state index contributed by atoms with van der Waals surface area (Å²) < 4.78 is 22.1. The smallest absolute Gasteiger partial charge is 0.244 e. The van der Waals surface area contributed by atoms with Crippen molar-refractivity contribution in [1.82, 2.24) is 10.2 Å². The van der Waals surface area contributed by atoms with Crippen LogP contribution in [0.2, 0.25) is 0 Å². The van der Waals surface area contributed by atoms with Crippen LogP contribution in [0.3, 0.4) is 0 Å². The number of H-pyrrole nitrogens is 1. The Morgan fingerprint density at radius 2 is 1.75 bits per heavy atom. The van der Waals surface area contributed by atoms with Gasteiger partial charge in [-0.1, -0.05) is 31.2 Å². The molecule has 164 valence electrons. The Morgan fingerprint density at radius 1 is 1.09 bits per heavy atom. The van der Waals surface area contributed by atoms with Gasteiger partial charge in [0.25, 0.3) is 0 Å². The van der Waals surface area contributed by atoms with E-state index in [1.165, 1.54) is 5.56 Å². The van der Waals surface area contributed by atoms with E-state index in [1.807, 2.05) is 24.3 Å². The maximum Gasteiger partial charge on any atom is 0.244 e. The number of benzene rings is 2. The number of ether oxygens (including phenoxy) is 4. The second-order valence-electron chi connectivity index (χ2n) is 7.25. The molecule has 1 aromatic heterocycles. The molecule has 2 heterocycles. The number of nitrogens with two attached hydrogens (primary N) is 1. The van der Waals surface area contributed by atoms with E-state index in [0.717, 1.165) is 17.5 Å². The highest BCUT2D eigenvalue weighted by atomic mass is 16.5. The zero-order valence-corrected chi connectivity index (χ0v) is 18.4. The van der Waals surface area contributed by atoms with E-state index >= 15 is 0 Å². The number of aryl methyl sites for hydroxylation is 1. The van der Waals surface area contributed by atoms with E-state index in [0.29, 0.717) is 40.0 Å². The molecule has 0 amide bonds. The highest BCUT2D eigenvalue weighted by Gasteiger charge is 2.36. The molecule has 0 saturated carbocycles. The molecule has 0 unspecified atom stereocenters. The van der Waals surface area contributed by atoms with Gasteiger partial charge in [-0.05, 0) is 29.7 Å². The Hall–Kier alpha value is -4.12. The van der Waals surface area contributed by atoms with Crippen LogP contribution < -0.4 is 24.7 Å². The van der Waals surface area contributed by atoms with Crippen molar-refractivity contribution in [2.24, 2.45) is 5.73 Å². The fourth-order valence-electron chi connectivity index (χ4n) is 3.97. The van der Waals surface area contributed by atoms with Crippen LogP contribution in [0.5, 0.6) is 23.1 Å². The van der Waals surface area contributed by atoms with Crippen LogP contribution in [0, 0.1) is 11.3 Å². The number of rotatable bonds is 6. The molecule has 0 fully saturated rings. The summed E-state index contributed by atoms with van der Waals surface area (Å²) in [5.74, 6) is 1.42. The zero-order chi connectivity index (χ0) is 22.8. The third-order valence-corrected chi connectivity index (χ3v) is 5.61. The molecule has 1 atom stereocenters. The fourth-order valence-corrected chi connectivity index (χ4v) is 3.97. The van der Waals surface area contributed by atoms with Gasteiger partial charge in [-0.15, -0.1) is 5.10 Å². The molecule has 0 spiro atoms. The zero-order valence-electron chi connectivity index (χ0n) is 18.4. The summed E-state index contributed by atoms with van der Waals surface area (Å²) >= 11 is 0. The van der Waals surface area contributed by atoms with Crippen LogP contribution in [0.25, 0.3) is 11.3 Å². The summed E-state index contributed by atoms with van der Waals surface area (Å²) in [5, 5.41) is 17.3. The first-order chi connectivity index (χ1) is 15.6. The standard InChI is InChI=1S/C24H24N4O4/c1-5-13-6-8-14(9-7-13)19-16(12-25)23(26)32-24-20(19)21(27-28-24)15-10-17(29-2)22(31-4)18(11-15)30-3/h6-11,19H,5,26H2,1-4H3,(H,27,28)/t19-/m1/s1. The Balaban J connectivity index is 1.93. The number of aromatic nitrogens is 2. The summed E-state index contributed by atoms with van der Waals surface area (Å²) in [7, 11) is 4.67. The molecule has 8 nitrogen and oxygen atoms in total. The van der Waals surface area contributed by atoms with Crippen molar-refractivity contribution in [3.63, 3.8) is 0 Å². The first kappa shape index (κ1) is 21.1. The Bertz CT molecular complexity index is 1200. The van der Waals surface area contributed by atoms with Gasteiger partial charge in [0.2, 0.25) is 17.5 Å². The molecule has 4 rings (SSSR count). The normalized spacial score (nSPS) is 14.9. The summed E-state index contributed by atoms with van der Waals surface area (Å²) in [5.41, 5.74) is 10.7.